The van der Waals surface area contributed by atoms with E-state index < -0.39 is 18.0 Å². The third kappa shape index (κ3) is 4.97. The molecule has 0 aliphatic rings. The van der Waals surface area contributed by atoms with Gasteiger partial charge in [0.15, 0.2) is 0 Å². The van der Waals surface area contributed by atoms with Gasteiger partial charge in [0.25, 0.3) is 0 Å². The van der Waals surface area contributed by atoms with Gasteiger partial charge in [-0.1, -0.05) is 27.7 Å². The maximum absolute atomic E-state index is 11.2. The second kappa shape index (κ2) is 5.75. The van der Waals surface area contributed by atoms with Crippen molar-refractivity contribution in [1.29, 1.82) is 0 Å². The summed E-state index contributed by atoms with van der Waals surface area (Å²) in [6.07, 6.45) is 0.532. The van der Waals surface area contributed by atoms with E-state index in [1.54, 1.807) is 13.8 Å². The molecule has 82 valence electrons. The lowest BCUT2D eigenvalue weighted by Crippen LogP contribution is -2.35. The van der Waals surface area contributed by atoms with Crippen LogP contribution in [0.15, 0.2) is 0 Å². The first kappa shape index (κ1) is 13.1. The Hall–Kier alpha value is -0.900. The maximum Gasteiger partial charge on any atom is 0.330 e. The van der Waals surface area contributed by atoms with E-state index in [4.69, 9.17) is 5.73 Å². The molecule has 0 heterocycles. The van der Waals surface area contributed by atoms with Gasteiger partial charge in [-0.3, -0.25) is 4.79 Å². The molecule has 14 heavy (non-hydrogen) atoms. The van der Waals surface area contributed by atoms with Crippen LogP contribution in [0, 0.1) is 11.8 Å². The van der Waals surface area contributed by atoms with E-state index in [9.17, 15) is 9.59 Å². The fourth-order valence-electron chi connectivity index (χ4n) is 0.897. The van der Waals surface area contributed by atoms with Crippen molar-refractivity contribution in [2.45, 2.75) is 40.2 Å². The molecule has 0 unspecified atom stereocenters. The molecule has 0 saturated carbocycles. The fourth-order valence-corrected chi connectivity index (χ4v) is 0.897. The van der Waals surface area contributed by atoms with Crippen molar-refractivity contribution in [1.82, 2.24) is 0 Å². The molecular weight excluding hydrogens is 182 g/mol. The third-order valence-electron chi connectivity index (χ3n) is 1.70. The minimum atomic E-state index is -0.697. The third-order valence-corrected chi connectivity index (χ3v) is 1.70. The summed E-state index contributed by atoms with van der Waals surface area (Å²) in [5.74, 6) is -1.14. The first-order chi connectivity index (χ1) is 6.34. The van der Waals surface area contributed by atoms with E-state index in [1.165, 1.54) is 0 Å². The second-order valence-electron chi connectivity index (χ2n) is 4.13. The molecule has 0 rings (SSSR count). The molecule has 0 amide bonds. The Morgan fingerprint density at radius 2 is 1.64 bits per heavy atom. The van der Waals surface area contributed by atoms with Crippen molar-refractivity contribution in [2.75, 3.05) is 0 Å². The number of carbonyl (C=O) groups excluding carboxylic acids is 2. The quantitative estimate of drug-likeness (QED) is 0.546. The minimum absolute atomic E-state index is 0.301. The number of ether oxygens (including phenoxy) is 1. The number of esters is 2. The number of nitrogens with two attached hydrogens (primary N) is 1. The van der Waals surface area contributed by atoms with Gasteiger partial charge in [0.2, 0.25) is 0 Å². The molecule has 0 radical (unpaired) electrons. The van der Waals surface area contributed by atoms with Gasteiger partial charge >= 0.3 is 11.9 Å². The predicted octanol–water partition coefficient (Wildman–Crippen LogP) is 1.09. The van der Waals surface area contributed by atoms with Crippen molar-refractivity contribution in [3.8, 4) is 0 Å². The summed E-state index contributed by atoms with van der Waals surface area (Å²) in [7, 11) is 0. The smallest absolute Gasteiger partial charge is 0.330 e. The molecule has 0 fully saturated rings. The molecule has 0 aromatic rings. The van der Waals surface area contributed by atoms with Crippen LogP contribution in [-0.2, 0) is 14.3 Å². The van der Waals surface area contributed by atoms with Crippen LogP contribution in [0.2, 0.25) is 0 Å². The van der Waals surface area contributed by atoms with Gasteiger partial charge < -0.3 is 10.5 Å². The van der Waals surface area contributed by atoms with Crippen LogP contribution in [0.25, 0.3) is 0 Å². The highest BCUT2D eigenvalue weighted by Crippen LogP contribution is 2.05. The van der Waals surface area contributed by atoms with Gasteiger partial charge in [0.1, 0.15) is 6.04 Å². The van der Waals surface area contributed by atoms with Crippen molar-refractivity contribution < 1.29 is 14.3 Å². The van der Waals surface area contributed by atoms with Crippen LogP contribution in [0.3, 0.4) is 0 Å². The Bertz CT molecular complexity index is 211. The van der Waals surface area contributed by atoms with Crippen LogP contribution in [0.1, 0.15) is 34.1 Å². The van der Waals surface area contributed by atoms with Crippen molar-refractivity contribution in [2.24, 2.45) is 17.6 Å². The number of rotatable bonds is 4. The van der Waals surface area contributed by atoms with E-state index in [0.717, 1.165) is 0 Å². The van der Waals surface area contributed by atoms with Crippen LogP contribution >= 0.6 is 0 Å². The number of hydrogen-bond acceptors (Lipinski definition) is 4. The average Bonchev–Trinajstić information content (AvgIpc) is 2.02. The largest absolute Gasteiger partial charge is 0.392 e. The molecule has 0 aromatic carbocycles. The lowest BCUT2D eigenvalue weighted by molar-refractivity contribution is -0.163. The van der Waals surface area contributed by atoms with E-state index >= 15 is 0 Å². The molecule has 4 nitrogen and oxygen atoms in total. The van der Waals surface area contributed by atoms with Crippen molar-refractivity contribution in [3.63, 3.8) is 0 Å². The van der Waals surface area contributed by atoms with Crippen LogP contribution in [0.5, 0.6) is 0 Å². The van der Waals surface area contributed by atoms with Crippen molar-refractivity contribution in [3.05, 3.63) is 0 Å². The van der Waals surface area contributed by atoms with E-state index in [-0.39, 0.29) is 5.92 Å². The zero-order chi connectivity index (χ0) is 11.3. The van der Waals surface area contributed by atoms with Gasteiger partial charge in [-0.05, 0) is 12.3 Å². The maximum atomic E-state index is 11.2. The van der Waals surface area contributed by atoms with E-state index in [2.05, 4.69) is 4.74 Å². The highest BCUT2D eigenvalue weighted by Gasteiger charge is 2.21. The van der Waals surface area contributed by atoms with Gasteiger partial charge in [-0.15, -0.1) is 0 Å². The minimum Gasteiger partial charge on any atom is -0.392 e. The molecule has 0 aliphatic heterocycles. The zero-order valence-electron chi connectivity index (χ0n) is 9.24. The van der Waals surface area contributed by atoms with Gasteiger partial charge in [-0.2, -0.15) is 0 Å². The number of carbonyl (C=O) groups is 2. The van der Waals surface area contributed by atoms with E-state index in [0.29, 0.717) is 12.3 Å². The Morgan fingerprint density at radius 1 is 1.14 bits per heavy atom. The Kier molecular flexibility index (Phi) is 5.38. The topological polar surface area (TPSA) is 69.4 Å². The highest BCUT2D eigenvalue weighted by molar-refractivity contribution is 5.89. The molecule has 0 saturated heterocycles. The first-order valence-corrected chi connectivity index (χ1v) is 4.85. The summed E-state index contributed by atoms with van der Waals surface area (Å²) in [5.41, 5.74) is 5.54. The molecule has 2 N–H and O–H groups in total. The van der Waals surface area contributed by atoms with Crippen molar-refractivity contribution >= 4 is 11.9 Å². The van der Waals surface area contributed by atoms with Crippen LogP contribution in [0.4, 0.5) is 0 Å². The van der Waals surface area contributed by atoms with Gasteiger partial charge in [0.05, 0.1) is 5.92 Å². The molecular formula is C10H19NO3. The monoisotopic (exact) mass is 201 g/mol. The van der Waals surface area contributed by atoms with Crippen LogP contribution in [-0.4, -0.2) is 18.0 Å². The first-order valence-electron chi connectivity index (χ1n) is 4.85. The molecule has 0 bridgehead atoms. The Morgan fingerprint density at radius 3 is 2.00 bits per heavy atom. The summed E-state index contributed by atoms with van der Waals surface area (Å²) >= 11 is 0. The Balaban J connectivity index is 4.02. The Labute approximate surface area is 84.8 Å². The number of hydrogen-bond donors (Lipinski definition) is 1. The lowest BCUT2D eigenvalue weighted by Gasteiger charge is -2.12. The summed E-state index contributed by atoms with van der Waals surface area (Å²) in [5, 5.41) is 0. The van der Waals surface area contributed by atoms with Gasteiger partial charge in [0, 0.05) is 0 Å². The second-order valence-corrected chi connectivity index (χ2v) is 4.13. The summed E-state index contributed by atoms with van der Waals surface area (Å²) in [6, 6.07) is -0.697. The molecule has 0 aliphatic carbocycles. The SMILES string of the molecule is CC(C)C[C@H](N)C(=O)OC(=O)C(C)C. The van der Waals surface area contributed by atoms with Gasteiger partial charge in [-0.25, -0.2) is 4.79 Å². The molecule has 0 spiro atoms. The lowest BCUT2D eigenvalue weighted by atomic mass is 10.1. The normalized spacial score (nSPS) is 13.1. The predicted molar refractivity (Wildman–Crippen MR) is 53.4 cm³/mol. The average molecular weight is 201 g/mol. The molecule has 1 atom stereocenters. The summed E-state index contributed by atoms with van der Waals surface area (Å²) < 4.78 is 4.57. The summed E-state index contributed by atoms with van der Waals surface area (Å²) in [6.45, 7) is 7.25. The molecule has 0 aromatic heterocycles. The molecule has 4 heteroatoms. The fraction of sp³-hybridized carbons (Fsp3) is 0.800. The highest BCUT2D eigenvalue weighted by atomic mass is 16.6. The zero-order valence-corrected chi connectivity index (χ0v) is 9.24. The van der Waals surface area contributed by atoms with E-state index in [1.807, 2.05) is 13.8 Å². The standard InChI is InChI=1S/C10H19NO3/c1-6(2)5-8(11)10(13)14-9(12)7(3)4/h6-8H,5,11H2,1-4H3/t8-/m0/s1. The summed E-state index contributed by atoms with van der Waals surface area (Å²) in [4.78, 5) is 22.3. The van der Waals surface area contributed by atoms with Crippen LogP contribution < -0.4 is 5.73 Å².